The van der Waals surface area contributed by atoms with Gasteiger partial charge in [-0.1, -0.05) is 32.8 Å². The molecule has 36 heavy (non-hydrogen) atoms. The second kappa shape index (κ2) is 12.5. The molecule has 9 nitrogen and oxygen atoms in total. The summed E-state index contributed by atoms with van der Waals surface area (Å²) >= 11 is 0. The number of ether oxygens (including phenoxy) is 1. The number of halogens is 2. The summed E-state index contributed by atoms with van der Waals surface area (Å²) in [6.45, 7) is 3.66. The van der Waals surface area contributed by atoms with E-state index in [-0.39, 0.29) is 30.4 Å². The summed E-state index contributed by atoms with van der Waals surface area (Å²) in [5.74, 6) is -2.77. The maximum atomic E-state index is 13.9. The van der Waals surface area contributed by atoms with Crippen molar-refractivity contribution in [3.8, 4) is 11.5 Å². The van der Waals surface area contributed by atoms with Crippen LogP contribution in [0.2, 0.25) is 0 Å². The van der Waals surface area contributed by atoms with Crippen molar-refractivity contribution in [2.45, 2.75) is 58.2 Å². The summed E-state index contributed by atoms with van der Waals surface area (Å²) in [7, 11) is 0. The predicted molar refractivity (Wildman–Crippen MR) is 127 cm³/mol. The van der Waals surface area contributed by atoms with Crippen LogP contribution in [0.3, 0.4) is 0 Å². The van der Waals surface area contributed by atoms with E-state index in [9.17, 15) is 23.5 Å². The quantitative estimate of drug-likeness (QED) is 0.367. The third-order valence-corrected chi connectivity index (χ3v) is 5.98. The van der Waals surface area contributed by atoms with Gasteiger partial charge in [-0.15, -0.1) is 0 Å². The smallest absolute Gasteiger partial charge is 0.271 e. The van der Waals surface area contributed by atoms with Gasteiger partial charge in [-0.3, -0.25) is 14.3 Å². The first-order valence-electron chi connectivity index (χ1n) is 11.8. The van der Waals surface area contributed by atoms with Crippen molar-refractivity contribution in [1.82, 2.24) is 19.6 Å². The van der Waals surface area contributed by atoms with E-state index in [4.69, 9.17) is 9.84 Å². The summed E-state index contributed by atoms with van der Waals surface area (Å²) in [5.41, 5.74) is -0.201. The minimum absolute atomic E-state index is 0.0696. The van der Waals surface area contributed by atoms with Gasteiger partial charge < -0.3 is 14.9 Å². The third kappa shape index (κ3) is 6.82. The third-order valence-electron chi connectivity index (χ3n) is 5.98. The van der Waals surface area contributed by atoms with Gasteiger partial charge in [0.1, 0.15) is 6.04 Å². The van der Waals surface area contributed by atoms with Crippen molar-refractivity contribution in [2.75, 3.05) is 6.61 Å². The molecule has 1 unspecified atom stereocenters. The second-order valence-corrected chi connectivity index (χ2v) is 8.57. The molecule has 0 fully saturated rings. The van der Waals surface area contributed by atoms with E-state index in [0.717, 1.165) is 41.9 Å². The Morgan fingerprint density at radius 1 is 1.17 bits per heavy atom. The lowest BCUT2D eigenvalue weighted by Gasteiger charge is -2.22. The van der Waals surface area contributed by atoms with Crippen molar-refractivity contribution < 1.29 is 28.5 Å². The van der Waals surface area contributed by atoms with Crippen molar-refractivity contribution in [3.63, 3.8) is 0 Å². The average Bonchev–Trinajstić information content (AvgIpc) is 3.29. The number of para-hydroxylation sites is 1. The van der Waals surface area contributed by atoms with Crippen molar-refractivity contribution >= 4 is 5.78 Å². The van der Waals surface area contributed by atoms with Crippen LogP contribution < -0.4 is 10.3 Å². The number of nitrogens with zero attached hydrogens (tertiary/aromatic N) is 4. The summed E-state index contributed by atoms with van der Waals surface area (Å²) in [4.78, 5) is 26.2. The highest BCUT2D eigenvalue weighted by Gasteiger charge is 2.27. The van der Waals surface area contributed by atoms with Gasteiger partial charge >= 0.3 is 0 Å². The van der Waals surface area contributed by atoms with Crippen LogP contribution in [0.4, 0.5) is 8.78 Å². The molecule has 3 aromatic rings. The Balaban J connectivity index is 1.85. The number of hydrogen-bond donors (Lipinski definition) is 2. The minimum Gasteiger partial charge on any atom is -0.449 e. The summed E-state index contributed by atoms with van der Waals surface area (Å²) in [6, 6.07) is 5.05. The number of hydrogen-bond acceptors (Lipinski definition) is 7. The number of aliphatic hydroxyl groups is 2. The Bertz CT molecular complexity index is 1200. The van der Waals surface area contributed by atoms with Crippen LogP contribution in [-0.4, -0.2) is 48.3 Å². The Labute approximate surface area is 207 Å². The number of aromatic nitrogens is 4. The Morgan fingerprint density at radius 3 is 2.47 bits per heavy atom. The Hall–Kier alpha value is -3.44. The predicted octanol–water partition coefficient (Wildman–Crippen LogP) is 3.04. The van der Waals surface area contributed by atoms with Gasteiger partial charge in [0, 0.05) is 12.3 Å². The number of carbonyl (C=O) groups excluding carboxylic acids is 1. The van der Waals surface area contributed by atoms with Crippen molar-refractivity contribution in [1.29, 1.82) is 0 Å². The van der Waals surface area contributed by atoms with Gasteiger partial charge in [-0.05, 0) is 30.5 Å². The lowest BCUT2D eigenvalue weighted by atomic mass is 9.91. The zero-order chi connectivity index (χ0) is 26.2. The molecule has 0 bridgehead atoms. The number of benzene rings is 1. The molecular weight excluding hydrogens is 474 g/mol. The molecule has 0 saturated heterocycles. The molecule has 2 atom stereocenters. The standard InChI is InChI=1S/C25H30F2N4O5/c1-3-16(4-2)10-22(23(34)11-17-8-9-30(29-17)14-18(33)15-32)31-24(35)12-19(13-28-31)36-25-20(26)6-5-7-21(25)27/h5-9,12-13,16,18,22,32-33H,3-4,10-11,14-15H2,1-2H3/t18-,22?/m1/s1. The van der Waals surface area contributed by atoms with Crippen LogP contribution in [0.5, 0.6) is 11.5 Å². The molecule has 194 valence electrons. The molecule has 0 aliphatic rings. The summed E-state index contributed by atoms with van der Waals surface area (Å²) < 4.78 is 35.6. The van der Waals surface area contributed by atoms with Gasteiger partial charge in [0.15, 0.2) is 28.9 Å². The molecule has 3 rings (SSSR count). The SMILES string of the molecule is CCC(CC)CC(C(=O)Cc1ccn(C[C@@H](O)CO)n1)n1ncc(Oc2c(F)cccc2F)cc1=O. The number of Topliss-reactive ketones (excluding diaryl/α,β-unsaturated/α-hetero) is 1. The number of ketones is 1. The highest BCUT2D eigenvalue weighted by Crippen LogP contribution is 2.27. The first-order chi connectivity index (χ1) is 17.2. The van der Waals surface area contributed by atoms with E-state index < -0.39 is 41.7 Å². The molecule has 2 aromatic heterocycles. The summed E-state index contributed by atoms with van der Waals surface area (Å²) in [5, 5.41) is 27.0. The van der Waals surface area contributed by atoms with Gasteiger partial charge in [0.05, 0.1) is 37.6 Å². The molecule has 0 saturated carbocycles. The fourth-order valence-corrected chi connectivity index (χ4v) is 3.86. The lowest BCUT2D eigenvalue weighted by molar-refractivity contribution is -0.122. The zero-order valence-corrected chi connectivity index (χ0v) is 20.2. The van der Waals surface area contributed by atoms with Crippen LogP contribution in [0.1, 0.15) is 44.8 Å². The zero-order valence-electron chi connectivity index (χ0n) is 20.2. The van der Waals surface area contributed by atoms with E-state index in [0.29, 0.717) is 12.1 Å². The maximum absolute atomic E-state index is 13.9. The highest BCUT2D eigenvalue weighted by atomic mass is 19.1. The fraction of sp³-hybridized carbons (Fsp3) is 0.440. The monoisotopic (exact) mass is 504 g/mol. The summed E-state index contributed by atoms with van der Waals surface area (Å²) in [6.07, 6.45) is 3.68. The van der Waals surface area contributed by atoms with Crippen LogP contribution in [0.25, 0.3) is 0 Å². The molecule has 0 aliphatic carbocycles. The van der Waals surface area contributed by atoms with Gasteiger partial charge in [0.2, 0.25) is 0 Å². The minimum atomic E-state index is -0.975. The molecular formula is C25H30F2N4O5. The molecule has 2 heterocycles. The van der Waals surface area contributed by atoms with E-state index in [1.54, 1.807) is 12.3 Å². The topological polar surface area (TPSA) is 119 Å². The van der Waals surface area contributed by atoms with Gasteiger partial charge in [0.25, 0.3) is 5.56 Å². The van der Waals surface area contributed by atoms with Crippen molar-refractivity contribution in [3.05, 3.63) is 70.4 Å². The van der Waals surface area contributed by atoms with Gasteiger partial charge in [-0.25, -0.2) is 13.5 Å². The van der Waals surface area contributed by atoms with Crippen molar-refractivity contribution in [2.24, 2.45) is 5.92 Å². The van der Waals surface area contributed by atoms with Gasteiger partial charge in [-0.2, -0.15) is 10.2 Å². The highest BCUT2D eigenvalue weighted by molar-refractivity contribution is 5.84. The molecule has 0 spiro atoms. The van der Waals surface area contributed by atoms with E-state index in [1.165, 1.54) is 10.7 Å². The number of aliphatic hydroxyl groups excluding tert-OH is 2. The molecule has 1 aromatic carbocycles. The van der Waals surface area contributed by atoms with Crippen LogP contribution in [-0.2, 0) is 17.8 Å². The number of rotatable bonds is 13. The lowest BCUT2D eigenvalue weighted by Crippen LogP contribution is -2.33. The Morgan fingerprint density at radius 2 is 1.86 bits per heavy atom. The average molecular weight is 505 g/mol. The number of carbonyl (C=O) groups is 1. The van der Waals surface area contributed by atoms with E-state index >= 15 is 0 Å². The Kier molecular flexibility index (Phi) is 9.43. The van der Waals surface area contributed by atoms with E-state index in [2.05, 4.69) is 10.2 Å². The van der Waals surface area contributed by atoms with E-state index in [1.807, 2.05) is 13.8 Å². The molecule has 0 amide bonds. The van der Waals surface area contributed by atoms with Crippen LogP contribution in [0, 0.1) is 17.6 Å². The molecule has 0 aliphatic heterocycles. The largest absolute Gasteiger partial charge is 0.449 e. The second-order valence-electron chi connectivity index (χ2n) is 8.57. The fourth-order valence-electron chi connectivity index (χ4n) is 3.86. The molecule has 0 radical (unpaired) electrons. The normalized spacial score (nSPS) is 13.1. The van der Waals surface area contributed by atoms with Crippen LogP contribution in [0.15, 0.2) is 47.5 Å². The van der Waals surface area contributed by atoms with Crippen LogP contribution >= 0.6 is 0 Å². The first kappa shape index (κ1) is 27.2. The molecule has 11 heteroatoms. The maximum Gasteiger partial charge on any atom is 0.271 e. The first-order valence-corrected chi connectivity index (χ1v) is 11.8. The molecule has 2 N–H and O–H groups in total.